The van der Waals surface area contributed by atoms with Gasteiger partial charge in [-0.1, -0.05) is 24.6 Å². The van der Waals surface area contributed by atoms with Gasteiger partial charge in [0.25, 0.3) is 0 Å². The van der Waals surface area contributed by atoms with E-state index in [1.807, 2.05) is 0 Å². The van der Waals surface area contributed by atoms with Crippen LogP contribution in [0, 0.1) is 0 Å². The first kappa shape index (κ1) is 16.3. The Balaban J connectivity index is 1.70. The van der Waals surface area contributed by atoms with E-state index in [1.54, 1.807) is 0 Å². The van der Waals surface area contributed by atoms with E-state index in [4.69, 9.17) is 0 Å². The fourth-order valence-electron chi connectivity index (χ4n) is 3.93. The van der Waals surface area contributed by atoms with E-state index in [1.165, 1.54) is 30.5 Å². The van der Waals surface area contributed by atoms with Crippen LogP contribution in [0.2, 0.25) is 0 Å². The lowest BCUT2D eigenvalue weighted by molar-refractivity contribution is -0.128. The zero-order valence-corrected chi connectivity index (χ0v) is 14.5. The van der Waals surface area contributed by atoms with Crippen molar-refractivity contribution >= 4 is 11.6 Å². The molecule has 4 nitrogen and oxygen atoms in total. The van der Waals surface area contributed by atoms with Gasteiger partial charge in [0.15, 0.2) is 0 Å². The van der Waals surface area contributed by atoms with Gasteiger partial charge in [-0.3, -0.25) is 9.69 Å². The SMILES string of the molecule is CN(C)c1ccccc1CN1CCCCC1CN1CCCC1=O. The Bertz CT molecular complexity index is 543. The van der Waals surface area contributed by atoms with Crippen LogP contribution in [-0.4, -0.2) is 55.5 Å². The molecule has 1 atom stereocenters. The van der Waals surface area contributed by atoms with Crippen LogP contribution in [0.1, 0.15) is 37.7 Å². The van der Waals surface area contributed by atoms with Crippen molar-refractivity contribution in [2.45, 2.75) is 44.7 Å². The average molecular weight is 315 g/mol. The van der Waals surface area contributed by atoms with Gasteiger partial charge >= 0.3 is 0 Å². The van der Waals surface area contributed by atoms with E-state index in [2.05, 4.69) is 53.1 Å². The van der Waals surface area contributed by atoms with Crippen molar-refractivity contribution in [1.82, 2.24) is 9.80 Å². The van der Waals surface area contributed by atoms with E-state index in [-0.39, 0.29) is 0 Å². The van der Waals surface area contributed by atoms with Crippen molar-refractivity contribution in [3.63, 3.8) is 0 Å². The molecule has 0 aromatic heterocycles. The second kappa shape index (κ2) is 7.35. The van der Waals surface area contributed by atoms with Crippen LogP contribution in [0.25, 0.3) is 0 Å². The molecule has 0 spiro atoms. The first-order chi connectivity index (χ1) is 11.1. The summed E-state index contributed by atoms with van der Waals surface area (Å²) in [4.78, 5) is 18.8. The highest BCUT2D eigenvalue weighted by atomic mass is 16.2. The number of carbonyl (C=O) groups excluding carboxylic acids is 1. The molecule has 2 aliphatic heterocycles. The Labute approximate surface area is 140 Å². The number of benzene rings is 1. The summed E-state index contributed by atoms with van der Waals surface area (Å²) >= 11 is 0. The van der Waals surface area contributed by atoms with E-state index >= 15 is 0 Å². The lowest BCUT2D eigenvalue weighted by Crippen LogP contribution is -2.46. The van der Waals surface area contributed by atoms with Crippen molar-refractivity contribution in [1.29, 1.82) is 0 Å². The maximum atomic E-state index is 12.0. The number of amides is 1. The van der Waals surface area contributed by atoms with Crippen molar-refractivity contribution in [3.8, 4) is 0 Å². The van der Waals surface area contributed by atoms with Crippen molar-refractivity contribution in [2.24, 2.45) is 0 Å². The largest absolute Gasteiger partial charge is 0.377 e. The molecule has 0 saturated carbocycles. The van der Waals surface area contributed by atoms with Crippen LogP contribution in [0.4, 0.5) is 5.69 Å². The molecule has 2 heterocycles. The number of para-hydroxylation sites is 1. The quantitative estimate of drug-likeness (QED) is 0.836. The van der Waals surface area contributed by atoms with E-state index < -0.39 is 0 Å². The van der Waals surface area contributed by atoms with Gasteiger partial charge in [-0.05, 0) is 37.4 Å². The van der Waals surface area contributed by atoms with Crippen molar-refractivity contribution in [3.05, 3.63) is 29.8 Å². The molecule has 0 N–H and O–H groups in total. The molecule has 4 heteroatoms. The van der Waals surface area contributed by atoms with Gasteiger partial charge in [0.05, 0.1) is 0 Å². The summed E-state index contributed by atoms with van der Waals surface area (Å²) < 4.78 is 0. The number of rotatable bonds is 5. The Morgan fingerprint density at radius 3 is 2.70 bits per heavy atom. The molecule has 1 aromatic rings. The van der Waals surface area contributed by atoms with Crippen molar-refractivity contribution < 1.29 is 4.79 Å². The summed E-state index contributed by atoms with van der Waals surface area (Å²) in [6.45, 7) is 4.01. The second-order valence-corrected chi connectivity index (χ2v) is 7.09. The topological polar surface area (TPSA) is 26.8 Å². The summed E-state index contributed by atoms with van der Waals surface area (Å²) in [5, 5.41) is 0. The minimum Gasteiger partial charge on any atom is -0.377 e. The summed E-state index contributed by atoms with van der Waals surface area (Å²) in [6.07, 6.45) is 5.56. The Morgan fingerprint density at radius 2 is 1.96 bits per heavy atom. The average Bonchev–Trinajstić information content (AvgIpc) is 2.95. The van der Waals surface area contributed by atoms with Gasteiger partial charge in [0, 0.05) is 51.9 Å². The first-order valence-corrected chi connectivity index (χ1v) is 8.92. The standard InChI is InChI=1S/C19H29N3O/c1-20(2)18-10-4-3-8-16(18)14-21-12-6-5-9-17(21)15-22-13-7-11-19(22)23/h3-4,8,10,17H,5-7,9,11-15H2,1-2H3. The van der Waals surface area contributed by atoms with Gasteiger partial charge < -0.3 is 9.80 Å². The maximum absolute atomic E-state index is 12.0. The van der Waals surface area contributed by atoms with Gasteiger partial charge in [-0.15, -0.1) is 0 Å². The van der Waals surface area contributed by atoms with Gasteiger partial charge in [0.2, 0.25) is 5.91 Å². The molecule has 1 unspecified atom stereocenters. The molecular formula is C19H29N3O. The predicted molar refractivity (Wildman–Crippen MR) is 94.6 cm³/mol. The molecule has 126 valence electrons. The lowest BCUT2D eigenvalue weighted by Gasteiger charge is -2.38. The number of anilines is 1. The normalized spacial score (nSPS) is 22.6. The lowest BCUT2D eigenvalue weighted by atomic mass is 10.00. The molecule has 0 aliphatic carbocycles. The second-order valence-electron chi connectivity index (χ2n) is 7.09. The van der Waals surface area contributed by atoms with Crippen molar-refractivity contribution in [2.75, 3.05) is 38.6 Å². The molecule has 3 rings (SSSR count). The molecule has 1 aromatic carbocycles. The number of hydrogen-bond acceptors (Lipinski definition) is 3. The van der Waals surface area contributed by atoms with Crippen LogP contribution in [-0.2, 0) is 11.3 Å². The summed E-state index contributed by atoms with van der Waals surface area (Å²) in [6, 6.07) is 9.18. The Kier molecular flexibility index (Phi) is 5.21. The smallest absolute Gasteiger partial charge is 0.222 e. The zero-order chi connectivity index (χ0) is 16.2. The Hall–Kier alpha value is -1.55. The van der Waals surface area contributed by atoms with Gasteiger partial charge in [-0.25, -0.2) is 0 Å². The van der Waals surface area contributed by atoms with Crippen LogP contribution in [0.5, 0.6) is 0 Å². The molecular weight excluding hydrogens is 286 g/mol. The zero-order valence-electron chi connectivity index (χ0n) is 14.5. The van der Waals surface area contributed by atoms with Gasteiger partial charge in [-0.2, -0.15) is 0 Å². The fraction of sp³-hybridized carbons (Fsp3) is 0.632. The summed E-state index contributed by atoms with van der Waals surface area (Å²) in [5.74, 6) is 0.351. The number of nitrogens with zero attached hydrogens (tertiary/aromatic N) is 3. The number of hydrogen-bond donors (Lipinski definition) is 0. The van der Waals surface area contributed by atoms with E-state index in [0.717, 1.165) is 39.0 Å². The molecule has 2 aliphatic rings. The molecule has 1 amide bonds. The van der Waals surface area contributed by atoms with Crippen LogP contribution in [0.15, 0.2) is 24.3 Å². The van der Waals surface area contributed by atoms with Crippen LogP contribution < -0.4 is 4.90 Å². The number of likely N-dealkylation sites (tertiary alicyclic amines) is 2. The fourth-order valence-corrected chi connectivity index (χ4v) is 3.93. The highest BCUT2D eigenvalue weighted by molar-refractivity contribution is 5.78. The minimum atomic E-state index is 0.351. The van der Waals surface area contributed by atoms with Crippen LogP contribution >= 0.6 is 0 Å². The molecule has 2 fully saturated rings. The third kappa shape index (κ3) is 3.86. The predicted octanol–water partition coefficient (Wildman–Crippen LogP) is 2.73. The summed E-state index contributed by atoms with van der Waals surface area (Å²) in [7, 11) is 4.21. The number of carbonyl (C=O) groups is 1. The summed E-state index contributed by atoms with van der Waals surface area (Å²) in [5.41, 5.74) is 2.69. The van der Waals surface area contributed by atoms with E-state index in [0.29, 0.717) is 11.9 Å². The highest BCUT2D eigenvalue weighted by Gasteiger charge is 2.29. The minimum absolute atomic E-state index is 0.351. The molecule has 2 saturated heterocycles. The molecule has 0 radical (unpaired) electrons. The van der Waals surface area contributed by atoms with E-state index in [9.17, 15) is 4.79 Å². The Morgan fingerprint density at radius 1 is 1.13 bits per heavy atom. The molecule has 23 heavy (non-hydrogen) atoms. The third-order valence-corrected chi connectivity index (χ3v) is 5.20. The molecule has 0 bridgehead atoms. The maximum Gasteiger partial charge on any atom is 0.222 e. The number of piperidine rings is 1. The third-order valence-electron chi connectivity index (χ3n) is 5.20. The monoisotopic (exact) mass is 315 g/mol. The van der Waals surface area contributed by atoms with Gasteiger partial charge in [0.1, 0.15) is 0 Å². The van der Waals surface area contributed by atoms with Crippen LogP contribution in [0.3, 0.4) is 0 Å². The highest BCUT2D eigenvalue weighted by Crippen LogP contribution is 2.26. The first-order valence-electron chi connectivity index (χ1n) is 8.92.